The molecule has 2 saturated heterocycles. The Hall–Kier alpha value is -1.67. The van der Waals surface area contributed by atoms with Crippen molar-refractivity contribution in [3.63, 3.8) is 0 Å². The molecule has 3 rings (SSSR count). The van der Waals surface area contributed by atoms with Gasteiger partial charge in [-0.25, -0.2) is 4.79 Å². The van der Waals surface area contributed by atoms with E-state index in [2.05, 4.69) is 27.3 Å². The molecule has 0 saturated carbocycles. The van der Waals surface area contributed by atoms with Crippen molar-refractivity contribution in [1.82, 2.24) is 10.2 Å². The molecule has 9 heteroatoms. The molecular weight excluding hydrogens is 359 g/mol. The molecule has 1 aromatic carbocycles. The van der Waals surface area contributed by atoms with E-state index in [1.54, 1.807) is 0 Å². The third kappa shape index (κ3) is 5.15. The molecule has 5 nitrogen and oxygen atoms in total. The van der Waals surface area contributed by atoms with Crippen LogP contribution in [0, 0.1) is 0 Å². The van der Waals surface area contributed by atoms with Crippen molar-refractivity contribution < 1.29 is 35.1 Å². The van der Waals surface area contributed by atoms with Gasteiger partial charge in [-0.3, -0.25) is 0 Å². The number of anilines is 1. The Morgan fingerprint density at radius 3 is 2.24 bits per heavy atom. The zero-order chi connectivity index (χ0) is 17.3. The van der Waals surface area contributed by atoms with E-state index in [-0.39, 0.29) is 30.2 Å². The lowest BCUT2D eigenvalue weighted by Gasteiger charge is -2.36. The summed E-state index contributed by atoms with van der Waals surface area (Å²) in [5, 5.41) is 5.59. The number of fused-ring (bicyclic) bond motifs is 2. The Bertz CT molecular complexity index is 583. The Labute approximate surface area is 150 Å². The number of benzene rings is 1. The largest absolute Gasteiger partial charge is 1.00 e. The van der Waals surface area contributed by atoms with Gasteiger partial charge < -0.3 is 32.7 Å². The average molecular weight is 379 g/mol. The van der Waals surface area contributed by atoms with Crippen LogP contribution in [0.5, 0.6) is 5.75 Å². The normalized spacial score (nSPS) is 25.8. The number of nitrogens with one attached hydrogen (secondary N) is 2. The summed E-state index contributed by atoms with van der Waals surface area (Å²) in [4.78, 5) is 14.4. The molecule has 25 heavy (non-hydrogen) atoms. The first-order valence-electron chi connectivity index (χ1n) is 7.95. The van der Waals surface area contributed by atoms with E-state index in [9.17, 15) is 18.0 Å². The van der Waals surface area contributed by atoms with Crippen molar-refractivity contribution >= 4 is 11.7 Å². The smallest absolute Gasteiger partial charge is 0.573 e. The molecule has 2 heterocycles. The number of piperidine rings is 1. The number of nitrogens with zero attached hydrogens (tertiary/aromatic N) is 1. The Morgan fingerprint density at radius 2 is 1.72 bits per heavy atom. The number of urea groups is 1. The lowest BCUT2D eigenvalue weighted by atomic mass is 9.98. The van der Waals surface area contributed by atoms with E-state index in [1.165, 1.54) is 37.1 Å². The zero-order valence-corrected chi connectivity index (χ0v) is 14.4. The van der Waals surface area contributed by atoms with Crippen LogP contribution >= 0.6 is 0 Å². The highest BCUT2D eigenvalue weighted by Crippen LogP contribution is 2.34. The number of carbonyl (C=O) groups is 1. The highest BCUT2D eigenvalue weighted by atomic mass is 35.5. The maximum absolute atomic E-state index is 12.1. The Morgan fingerprint density at radius 1 is 1.16 bits per heavy atom. The standard InChI is InChI=1S/C16H20F3N3O2.ClH/c1-22-12-4-5-13(22)9-11(8-12)21-15(23)20-10-2-6-14(7-3-10)24-16(17,18)19;/h2-3,6-7,11-13H,4-5,8-9H2,1H3,(H2,20,21,23);1H/p-1. The summed E-state index contributed by atoms with van der Waals surface area (Å²) >= 11 is 0. The predicted octanol–water partition coefficient (Wildman–Crippen LogP) is 0.336. The van der Waals surface area contributed by atoms with Gasteiger partial charge >= 0.3 is 12.4 Å². The predicted molar refractivity (Wildman–Crippen MR) is 82.9 cm³/mol. The first-order valence-corrected chi connectivity index (χ1v) is 7.95. The minimum atomic E-state index is -4.72. The van der Waals surface area contributed by atoms with Gasteiger partial charge in [0, 0.05) is 23.8 Å². The monoisotopic (exact) mass is 378 g/mol. The van der Waals surface area contributed by atoms with Crippen molar-refractivity contribution in [2.45, 2.75) is 50.2 Å². The molecule has 2 aliphatic rings. The van der Waals surface area contributed by atoms with Crippen molar-refractivity contribution in [1.29, 1.82) is 0 Å². The summed E-state index contributed by atoms with van der Waals surface area (Å²) in [6, 6.07) is 5.91. The second-order valence-electron chi connectivity index (χ2n) is 6.39. The minimum absolute atomic E-state index is 0. The van der Waals surface area contributed by atoms with Crippen LogP contribution in [-0.4, -0.2) is 42.5 Å². The van der Waals surface area contributed by atoms with E-state index in [1.807, 2.05) is 0 Å². The van der Waals surface area contributed by atoms with Crippen LogP contribution in [0.3, 0.4) is 0 Å². The third-order valence-electron chi connectivity index (χ3n) is 4.78. The number of alkyl halides is 3. The first-order chi connectivity index (χ1) is 11.3. The van der Waals surface area contributed by atoms with E-state index >= 15 is 0 Å². The highest BCUT2D eigenvalue weighted by molar-refractivity contribution is 5.89. The second kappa shape index (κ2) is 7.70. The summed E-state index contributed by atoms with van der Waals surface area (Å²) in [6.07, 6.45) is -0.527. The zero-order valence-electron chi connectivity index (χ0n) is 13.6. The van der Waals surface area contributed by atoms with E-state index < -0.39 is 6.36 Å². The molecule has 2 N–H and O–H groups in total. The maximum Gasteiger partial charge on any atom is 0.573 e. The summed E-state index contributed by atoms with van der Waals surface area (Å²) in [6.45, 7) is 0. The van der Waals surface area contributed by atoms with Gasteiger partial charge in [0.2, 0.25) is 0 Å². The van der Waals surface area contributed by atoms with Crippen LogP contribution < -0.4 is 27.8 Å². The van der Waals surface area contributed by atoms with Gasteiger partial charge in [-0.15, -0.1) is 13.2 Å². The summed E-state index contributed by atoms with van der Waals surface area (Å²) in [5.74, 6) is -0.319. The van der Waals surface area contributed by atoms with Crippen molar-refractivity contribution in [2.75, 3.05) is 12.4 Å². The number of halogens is 4. The minimum Gasteiger partial charge on any atom is -1.00 e. The molecule has 2 atom stereocenters. The quantitative estimate of drug-likeness (QED) is 0.797. The maximum atomic E-state index is 12.1. The van der Waals surface area contributed by atoms with Crippen LogP contribution in [0.4, 0.5) is 23.7 Å². The van der Waals surface area contributed by atoms with Crippen LogP contribution in [-0.2, 0) is 0 Å². The number of hydrogen-bond acceptors (Lipinski definition) is 3. The summed E-state index contributed by atoms with van der Waals surface area (Å²) in [5.41, 5.74) is 0.415. The highest BCUT2D eigenvalue weighted by Gasteiger charge is 2.38. The molecule has 2 amide bonds. The average Bonchev–Trinajstić information content (AvgIpc) is 2.70. The molecule has 0 radical (unpaired) electrons. The van der Waals surface area contributed by atoms with Crippen LogP contribution in [0.2, 0.25) is 0 Å². The van der Waals surface area contributed by atoms with Gasteiger partial charge in [0.1, 0.15) is 5.75 Å². The first kappa shape index (κ1) is 19.7. The van der Waals surface area contributed by atoms with Crippen molar-refractivity contribution in [3.8, 4) is 5.75 Å². The molecule has 2 unspecified atom stereocenters. The molecule has 1 aromatic rings. The lowest BCUT2D eigenvalue weighted by molar-refractivity contribution is -0.274. The molecule has 0 spiro atoms. The van der Waals surface area contributed by atoms with Crippen molar-refractivity contribution in [3.05, 3.63) is 24.3 Å². The Balaban J connectivity index is 0.00000225. The van der Waals surface area contributed by atoms with Crippen LogP contribution in [0.15, 0.2) is 24.3 Å². The van der Waals surface area contributed by atoms with E-state index in [0.29, 0.717) is 17.8 Å². The molecule has 2 aliphatic heterocycles. The second-order valence-corrected chi connectivity index (χ2v) is 6.39. The topological polar surface area (TPSA) is 53.6 Å². The van der Waals surface area contributed by atoms with Gasteiger partial charge in [-0.2, -0.15) is 0 Å². The summed E-state index contributed by atoms with van der Waals surface area (Å²) < 4.78 is 40.1. The summed E-state index contributed by atoms with van der Waals surface area (Å²) in [7, 11) is 2.13. The SMILES string of the molecule is CN1C2CCC1CC(NC(=O)Nc1ccc(OC(F)(F)F)cc1)C2.[Cl-]. The van der Waals surface area contributed by atoms with Gasteiger partial charge in [0.25, 0.3) is 0 Å². The van der Waals surface area contributed by atoms with Gasteiger partial charge in [-0.1, -0.05) is 0 Å². The fourth-order valence-corrected chi connectivity index (χ4v) is 3.62. The van der Waals surface area contributed by atoms with E-state index in [0.717, 1.165) is 12.8 Å². The Kier molecular flexibility index (Phi) is 6.05. The molecular formula is C16H20ClF3N3O2-. The van der Waals surface area contributed by atoms with Crippen molar-refractivity contribution in [2.24, 2.45) is 0 Å². The number of carbonyl (C=O) groups excluding carboxylic acids is 1. The number of hydrogen-bond donors (Lipinski definition) is 2. The lowest BCUT2D eigenvalue weighted by Crippen LogP contribution is -3.00. The number of amides is 2. The fourth-order valence-electron chi connectivity index (χ4n) is 3.62. The molecule has 2 bridgehead atoms. The van der Waals surface area contributed by atoms with Gasteiger partial charge in [-0.05, 0) is 57.0 Å². The van der Waals surface area contributed by atoms with Crippen LogP contribution in [0.1, 0.15) is 25.7 Å². The molecule has 0 aliphatic carbocycles. The molecule has 140 valence electrons. The van der Waals surface area contributed by atoms with Crippen LogP contribution in [0.25, 0.3) is 0 Å². The van der Waals surface area contributed by atoms with E-state index in [4.69, 9.17) is 0 Å². The molecule has 2 fully saturated rings. The van der Waals surface area contributed by atoms with Gasteiger partial charge in [0.05, 0.1) is 0 Å². The van der Waals surface area contributed by atoms with Gasteiger partial charge in [0.15, 0.2) is 0 Å². The molecule has 0 aromatic heterocycles. The fraction of sp³-hybridized carbons (Fsp3) is 0.562. The number of ether oxygens (including phenoxy) is 1. The third-order valence-corrected chi connectivity index (χ3v) is 4.78. The number of rotatable bonds is 3.